The summed E-state index contributed by atoms with van der Waals surface area (Å²) in [6, 6.07) is 5.30. The van der Waals surface area contributed by atoms with E-state index in [4.69, 9.17) is 14.7 Å². The number of H-pyrrole nitrogens is 1. The summed E-state index contributed by atoms with van der Waals surface area (Å²) in [6.07, 6.45) is 1.39. The lowest BCUT2D eigenvalue weighted by molar-refractivity contribution is 0.336. The number of nitriles is 1. The number of benzene rings is 1. The van der Waals surface area contributed by atoms with Crippen molar-refractivity contribution < 1.29 is 9.47 Å². The Labute approximate surface area is 110 Å². The van der Waals surface area contributed by atoms with Crippen LogP contribution >= 0.6 is 0 Å². The molecule has 0 unspecified atom stereocenters. The normalized spacial score (nSPS) is 10.2. The fourth-order valence-electron chi connectivity index (χ4n) is 1.91. The molecule has 0 aliphatic carbocycles. The van der Waals surface area contributed by atoms with E-state index in [1.54, 1.807) is 12.1 Å². The van der Waals surface area contributed by atoms with Gasteiger partial charge >= 0.3 is 0 Å². The Morgan fingerprint density at radius 1 is 1.21 bits per heavy atom. The second-order valence-electron chi connectivity index (χ2n) is 3.82. The molecule has 0 atom stereocenters. The van der Waals surface area contributed by atoms with Crippen molar-refractivity contribution in [1.82, 2.24) is 4.98 Å². The maximum atomic E-state index is 12.2. The van der Waals surface area contributed by atoms with Crippen molar-refractivity contribution in [3.05, 3.63) is 34.1 Å². The molecule has 98 valence electrons. The second kappa shape index (κ2) is 5.44. The minimum Gasteiger partial charge on any atom is -0.493 e. The summed E-state index contributed by atoms with van der Waals surface area (Å²) >= 11 is 0. The summed E-state index contributed by atoms with van der Waals surface area (Å²) in [6.45, 7) is 4.64. The van der Waals surface area contributed by atoms with Crippen LogP contribution in [0.3, 0.4) is 0 Å². The average molecular weight is 258 g/mol. The van der Waals surface area contributed by atoms with Crippen LogP contribution in [-0.2, 0) is 0 Å². The molecule has 0 radical (unpaired) electrons. The number of ether oxygens (including phenoxy) is 2. The van der Waals surface area contributed by atoms with E-state index in [-0.39, 0.29) is 11.0 Å². The average Bonchev–Trinajstić information content (AvgIpc) is 2.42. The maximum Gasteiger partial charge on any atom is 0.211 e. The molecule has 5 nitrogen and oxygen atoms in total. The van der Waals surface area contributed by atoms with Crippen LogP contribution < -0.4 is 14.9 Å². The molecule has 0 fully saturated rings. The highest BCUT2D eigenvalue weighted by Crippen LogP contribution is 2.29. The largest absolute Gasteiger partial charge is 0.493 e. The zero-order valence-corrected chi connectivity index (χ0v) is 10.8. The predicted molar refractivity (Wildman–Crippen MR) is 71.6 cm³/mol. The van der Waals surface area contributed by atoms with Gasteiger partial charge in [0.2, 0.25) is 5.43 Å². The number of aromatic amines is 1. The molecule has 2 rings (SSSR count). The van der Waals surface area contributed by atoms with Crippen LogP contribution in [0.1, 0.15) is 19.4 Å². The van der Waals surface area contributed by atoms with Crippen LogP contribution in [0.2, 0.25) is 0 Å². The Morgan fingerprint density at radius 2 is 1.84 bits per heavy atom. The topological polar surface area (TPSA) is 75.1 Å². The second-order valence-corrected chi connectivity index (χ2v) is 3.82. The Morgan fingerprint density at radius 3 is 2.47 bits per heavy atom. The van der Waals surface area contributed by atoms with Crippen molar-refractivity contribution in [3.8, 4) is 17.6 Å². The lowest BCUT2D eigenvalue weighted by atomic mass is 10.1. The number of fused-ring (bicyclic) bond motifs is 1. The zero-order valence-electron chi connectivity index (χ0n) is 10.8. The van der Waals surface area contributed by atoms with Crippen molar-refractivity contribution in [3.63, 3.8) is 0 Å². The summed E-state index contributed by atoms with van der Waals surface area (Å²) in [5.74, 6) is 1.03. The number of rotatable bonds is 4. The fourth-order valence-corrected chi connectivity index (χ4v) is 1.91. The monoisotopic (exact) mass is 258 g/mol. The SMILES string of the molecule is CCOc1ccc(OCC)c2c(=O)c(C#N)c[nH]c12. The number of hydrogen-bond donors (Lipinski definition) is 1. The zero-order chi connectivity index (χ0) is 13.8. The van der Waals surface area contributed by atoms with Gasteiger partial charge in [0.1, 0.15) is 23.1 Å². The number of hydrogen-bond acceptors (Lipinski definition) is 4. The first-order valence-electron chi connectivity index (χ1n) is 6.07. The van der Waals surface area contributed by atoms with Gasteiger partial charge in [-0.2, -0.15) is 5.26 Å². The lowest BCUT2D eigenvalue weighted by Gasteiger charge is -2.11. The lowest BCUT2D eigenvalue weighted by Crippen LogP contribution is -2.10. The van der Waals surface area contributed by atoms with E-state index >= 15 is 0 Å². The summed E-state index contributed by atoms with van der Waals surface area (Å²) in [7, 11) is 0. The van der Waals surface area contributed by atoms with Gasteiger partial charge in [-0.05, 0) is 26.0 Å². The molecule has 5 heteroatoms. The van der Waals surface area contributed by atoms with Gasteiger partial charge in [0.05, 0.1) is 24.1 Å². The summed E-state index contributed by atoms with van der Waals surface area (Å²) in [5.41, 5.74) is 0.264. The van der Waals surface area contributed by atoms with Crippen molar-refractivity contribution in [1.29, 1.82) is 5.26 Å². The highest BCUT2D eigenvalue weighted by atomic mass is 16.5. The molecule has 2 aromatic rings. The van der Waals surface area contributed by atoms with Crippen molar-refractivity contribution >= 4 is 10.9 Å². The van der Waals surface area contributed by atoms with Crippen LogP contribution in [0, 0.1) is 11.3 Å². The molecule has 19 heavy (non-hydrogen) atoms. The maximum absolute atomic E-state index is 12.2. The molecule has 0 saturated heterocycles. The number of pyridine rings is 1. The molecule has 1 aromatic carbocycles. The van der Waals surface area contributed by atoms with Crippen molar-refractivity contribution in [2.24, 2.45) is 0 Å². The van der Waals surface area contributed by atoms with E-state index in [1.165, 1.54) is 6.20 Å². The van der Waals surface area contributed by atoms with E-state index in [1.807, 2.05) is 19.9 Å². The first-order chi connectivity index (χ1) is 9.22. The standard InChI is InChI=1S/C14H14N2O3/c1-3-18-10-5-6-11(19-4-2)13-12(10)14(17)9(7-15)8-16-13/h5-6,8H,3-4H2,1-2H3,(H,16,17). The van der Waals surface area contributed by atoms with Crippen LogP contribution in [-0.4, -0.2) is 18.2 Å². The van der Waals surface area contributed by atoms with Crippen molar-refractivity contribution in [2.75, 3.05) is 13.2 Å². The van der Waals surface area contributed by atoms with E-state index in [2.05, 4.69) is 4.98 Å². The van der Waals surface area contributed by atoms with Gasteiger partial charge in [-0.15, -0.1) is 0 Å². The molecule has 0 spiro atoms. The highest BCUT2D eigenvalue weighted by molar-refractivity contribution is 5.90. The summed E-state index contributed by atoms with van der Waals surface area (Å²) in [4.78, 5) is 15.2. The summed E-state index contributed by atoms with van der Waals surface area (Å²) < 4.78 is 10.9. The first-order valence-corrected chi connectivity index (χ1v) is 6.07. The molecule has 0 amide bonds. The third kappa shape index (κ3) is 2.25. The van der Waals surface area contributed by atoms with Gasteiger partial charge in [0.25, 0.3) is 0 Å². The molecule has 0 aliphatic heterocycles. The molecule has 0 saturated carbocycles. The minimum atomic E-state index is -0.346. The third-order valence-corrected chi connectivity index (χ3v) is 2.68. The number of aromatic nitrogens is 1. The molecular formula is C14H14N2O3. The van der Waals surface area contributed by atoms with Crippen molar-refractivity contribution in [2.45, 2.75) is 13.8 Å². The van der Waals surface area contributed by atoms with Gasteiger partial charge in [0.15, 0.2) is 0 Å². The van der Waals surface area contributed by atoms with E-state index in [9.17, 15) is 4.79 Å². The molecular weight excluding hydrogens is 244 g/mol. The molecule has 1 aromatic heterocycles. The number of nitrogens with zero attached hydrogens (tertiary/aromatic N) is 1. The van der Waals surface area contributed by atoms with Crippen LogP contribution in [0.5, 0.6) is 11.5 Å². The molecule has 0 bridgehead atoms. The Hall–Kier alpha value is -2.48. The smallest absolute Gasteiger partial charge is 0.211 e. The Balaban J connectivity index is 2.82. The predicted octanol–water partition coefficient (Wildman–Crippen LogP) is 2.20. The molecule has 1 heterocycles. The third-order valence-electron chi connectivity index (χ3n) is 2.68. The fraction of sp³-hybridized carbons (Fsp3) is 0.286. The summed E-state index contributed by atoms with van der Waals surface area (Å²) in [5, 5.41) is 9.28. The van der Waals surface area contributed by atoms with Gasteiger partial charge in [-0.25, -0.2) is 0 Å². The number of nitrogens with one attached hydrogen (secondary N) is 1. The van der Waals surface area contributed by atoms with Crippen LogP contribution in [0.4, 0.5) is 0 Å². The van der Waals surface area contributed by atoms with Crippen LogP contribution in [0.25, 0.3) is 10.9 Å². The molecule has 1 N–H and O–H groups in total. The van der Waals surface area contributed by atoms with Crippen LogP contribution in [0.15, 0.2) is 23.1 Å². The van der Waals surface area contributed by atoms with Gasteiger partial charge < -0.3 is 14.5 Å². The Bertz CT molecular complexity index is 698. The van der Waals surface area contributed by atoms with E-state index in [0.717, 1.165) is 0 Å². The Kier molecular flexibility index (Phi) is 3.71. The van der Waals surface area contributed by atoms with E-state index < -0.39 is 0 Å². The highest BCUT2D eigenvalue weighted by Gasteiger charge is 2.14. The molecule has 0 aliphatic rings. The first kappa shape index (κ1) is 13.0. The quantitative estimate of drug-likeness (QED) is 0.912. The van der Waals surface area contributed by atoms with Gasteiger partial charge in [-0.3, -0.25) is 4.79 Å². The van der Waals surface area contributed by atoms with E-state index in [0.29, 0.717) is 35.6 Å². The van der Waals surface area contributed by atoms with Gasteiger partial charge in [0, 0.05) is 6.20 Å². The minimum absolute atomic E-state index is 0.0575. The van der Waals surface area contributed by atoms with Gasteiger partial charge in [-0.1, -0.05) is 0 Å².